The lowest BCUT2D eigenvalue weighted by atomic mass is 10.0. The SMILES string of the molecule is CNCCCN(C)CC(=O)NC(C(C)=O)C(C)C. The number of carbonyl (C=O) groups excluding carboxylic acids is 2. The molecule has 0 aliphatic rings. The number of amides is 1. The molecule has 0 radical (unpaired) electrons. The van der Waals surface area contributed by atoms with Crippen molar-refractivity contribution < 1.29 is 9.59 Å². The predicted octanol–water partition coefficient (Wildman–Crippen LogP) is 0.258. The van der Waals surface area contributed by atoms with Crippen molar-refractivity contribution in [1.29, 1.82) is 0 Å². The van der Waals surface area contributed by atoms with Crippen LogP contribution in [0.3, 0.4) is 0 Å². The van der Waals surface area contributed by atoms with Gasteiger partial charge in [-0.05, 0) is 46.4 Å². The van der Waals surface area contributed by atoms with E-state index in [0.29, 0.717) is 6.54 Å². The van der Waals surface area contributed by atoms with Gasteiger partial charge in [0.25, 0.3) is 0 Å². The number of likely N-dealkylation sites (N-methyl/N-ethyl adjacent to an activating group) is 1. The maximum atomic E-state index is 11.8. The lowest BCUT2D eigenvalue weighted by Gasteiger charge is -2.22. The Labute approximate surface area is 110 Å². The third-order valence-corrected chi connectivity index (χ3v) is 2.80. The third kappa shape index (κ3) is 7.40. The number of carbonyl (C=O) groups is 2. The average Bonchev–Trinajstić information content (AvgIpc) is 2.25. The van der Waals surface area contributed by atoms with Gasteiger partial charge in [0.1, 0.15) is 0 Å². The zero-order chi connectivity index (χ0) is 14.1. The second kappa shape index (κ2) is 9.05. The molecule has 106 valence electrons. The Morgan fingerprint density at radius 1 is 1.28 bits per heavy atom. The van der Waals surface area contributed by atoms with Gasteiger partial charge in [-0.1, -0.05) is 13.8 Å². The molecule has 0 rings (SSSR count). The fourth-order valence-corrected chi connectivity index (χ4v) is 1.81. The van der Waals surface area contributed by atoms with Crippen molar-refractivity contribution >= 4 is 11.7 Å². The van der Waals surface area contributed by atoms with Gasteiger partial charge in [0.2, 0.25) is 5.91 Å². The molecule has 5 nitrogen and oxygen atoms in total. The van der Waals surface area contributed by atoms with E-state index in [0.717, 1.165) is 19.5 Å². The molecule has 0 aliphatic heterocycles. The van der Waals surface area contributed by atoms with Gasteiger partial charge in [-0.25, -0.2) is 0 Å². The molecule has 0 aliphatic carbocycles. The third-order valence-electron chi connectivity index (χ3n) is 2.80. The van der Waals surface area contributed by atoms with Gasteiger partial charge < -0.3 is 10.6 Å². The molecule has 1 unspecified atom stereocenters. The molecule has 0 aromatic heterocycles. The molecule has 0 heterocycles. The Morgan fingerprint density at radius 3 is 2.33 bits per heavy atom. The number of nitrogens with one attached hydrogen (secondary N) is 2. The van der Waals surface area contributed by atoms with Gasteiger partial charge in [-0.15, -0.1) is 0 Å². The van der Waals surface area contributed by atoms with Crippen molar-refractivity contribution in [3.05, 3.63) is 0 Å². The second-order valence-electron chi connectivity index (χ2n) is 5.09. The molecule has 18 heavy (non-hydrogen) atoms. The summed E-state index contributed by atoms with van der Waals surface area (Å²) in [5.41, 5.74) is 0. The van der Waals surface area contributed by atoms with Gasteiger partial charge in [0, 0.05) is 0 Å². The Hall–Kier alpha value is -0.940. The highest BCUT2D eigenvalue weighted by Crippen LogP contribution is 2.02. The van der Waals surface area contributed by atoms with Crippen LogP contribution in [0.25, 0.3) is 0 Å². The fourth-order valence-electron chi connectivity index (χ4n) is 1.81. The first-order chi connectivity index (χ1) is 8.38. The van der Waals surface area contributed by atoms with E-state index in [9.17, 15) is 9.59 Å². The molecule has 0 spiro atoms. The number of hydrogen-bond donors (Lipinski definition) is 2. The van der Waals surface area contributed by atoms with Crippen LogP contribution in [0.15, 0.2) is 0 Å². The molecule has 0 bridgehead atoms. The molecular formula is C13H27N3O2. The van der Waals surface area contributed by atoms with E-state index in [1.807, 2.05) is 32.8 Å². The molecule has 5 heteroatoms. The quantitative estimate of drug-likeness (QED) is 0.582. The highest BCUT2D eigenvalue weighted by molar-refractivity contribution is 5.88. The summed E-state index contributed by atoms with van der Waals surface area (Å²) in [6, 6.07) is -0.372. The topological polar surface area (TPSA) is 61.4 Å². The number of nitrogens with zero attached hydrogens (tertiary/aromatic N) is 1. The second-order valence-corrected chi connectivity index (χ2v) is 5.09. The lowest BCUT2D eigenvalue weighted by molar-refractivity contribution is -0.128. The molecule has 0 fully saturated rings. The van der Waals surface area contributed by atoms with E-state index in [-0.39, 0.29) is 23.7 Å². The first kappa shape index (κ1) is 17.1. The van der Waals surface area contributed by atoms with Gasteiger partial charge in [-0.3, -0.25) is 14.5 Å². The summed E-state index contributed by atoms with van der Waals surface area (Å²) in [4.78, 5) is 25.1. The fraction of sp³-hybridized carbons (Fsp3) is 0.846. The van der Waals surface area contributed by atoms with Crippen molar-refractivity contribution in [3.8, 4) is 0 Å². The summed E-state index contributed by atoms with van der Waals surface area (Å²) in [7, 11) is 3.82. The van der Waals surface area contributed by atoms with E-state index in [1.165, 1.54) is 6.92 Å². The molecule has 0 saturated carbocycles. The zero-order valence-electron chi connectivity index (χ0n) is 12.2. The molecule has 1 amide bonds. The maximum Gasteiger partial charge on any atom is 0.234 e. The minimum absolute atomic E-state index is 0.0104. The summed E-state index contributed by atoms with van der Waals surface area (Å²) < 4.78 is 0. The van der Waals surface area contributed by atoms with Crippen molar-refractivity contribution in [1.82, 2.24) is 15.5 Å². The first-order valence-electron chi connectivity index (χ1n) is 6.51. The van der Waals surface area contributed by atoms with Crippen LogP contribution in [0.2, 0.25) is 0 Å². The van der Waals surface area contributed by atoms with Crippen molar-refractivity contribution in [2.24, 2.45) is 5.92 Å². The summed E-state index contributed by atoms with van der Waals surface area (Å²) in [5, 5.41) is 5.86. The average molecular weight is 257 g/mol. The monoisotopic (exact) mass is 257 g/mol. The Bertz CT molecular complexity index is 267. The highest BCUT2D eigenvalue weighted by Gasteiger charge is 2.20. The van der Waals surface area contributed by atoms with Crippen LogP contribution >= 0.6 is 0 Å². The van der Waals surface area contributed by atoms with Crippen LogP contribution in [-0.2, 0) is 9.59 Å². The number of rotatable bonds is 9. The minimum Gasteiger partial charge on any atom is -0.345 e. The van der Waals surface area contributed by atoms with E-state index in [4.69, 9.17) is 0 Å². The Morgan fingerprint density at radius 2 is 1.89 bits per heavy atom. The van der Waals surface area contributed by atoms with Crippen LogP contribution in [0.1, 0.15) is 27.2 Å². The largest absolute Gasteiger partial charge is 0.345 e. The van der Waals surface area contributed by atoms with E-state index in [1.54, 1.807) is 0 Å². The molecule has 2 N–H and O–H groups in total. The van der Waals surface area contributed by atoms with Crippen molar-refractivity contribution in [3.63, 3.8) is 0 Å². The smallest absolute Gasteiger partial charge is 0.234 e. The van der Waals surface area contributed by atoms with Gasteiger partial charge in [-0.2, -0.15) is 0 Å². The summed E-state index contributed by atoms with van der Waals surface area (Å²) in [6.07, 6.45) is 1.00. The number of ketones is 1. The number of Topliss-reactive ketones (excluding diaryl/α,β-unsaturated/α-hetero) is 1. The minimum atomic E-state index is -0.372. The molecule has 0 aromatic carbocycles. The van der Waals surface area contributed by atoms with E-state index >= 15 is 0 Å². The molecule has 0 saturated heterocycles. The van der Waals surface area contributed by atoms with Gasteiger partial charge >= 0.3 is 0 Å². The Kier molecular flexibility index (Phi) is 8.58. The normalized spacial score (nSPS) is 12.8. The van der Waals surface area contributed by atoms with Gasteiger partial charge in [0.05, 0.1) is 12.6 Å². The molecular weight excluding hydrogens is 230 g/mol. The summed E-state index contributed by atoms with van der Waals surface area (Å²) >= 11 is 0. The Balaban J connectivity index is 4.04. The van der Waals surface area contributed by atoms with Crippen molar-refractivity contribution in [2.45, 2.75) is 33.2 Å². The predicted molar refractivity (Wildman–Crippen MR) is 73.5 cm³/mol. The van der Waals surface area contributed by atoms with Crippen LogP contribution in [0, 0.1) is 5.92 Å². The summed E-state index contributed by atoms with van der Waals surface area (Å²) in [6.45, 7) is 7.52. The van der Waals surface area contributed by atoms with Crippen LogP contribution in [-0.4, -0.2) is 56.4 Å². The van der Waals surface area contributed by atoms with Crippen LogP contribution in [0.4, 0.5) is 0 Å². The number of hydrogen-bond acceptors (Lipinski definition) is 4. The first-order valence-corrected chi connectivity index (χ1v) is 6.51. The standard InChI is InChI=1S/C13H27N3O2/c1-10(2)13(11(3)17)15-12(18)9-16(5)8-6-7-14-4/h10,13-14H,6-9H2,1-5H3,(H,15,18). The highest BCUT2D eigenvalue weighted by atomic mass is 16.2. The van der Waals surface area contributed by atoms with Crippen molar-refractivity contribution in [2.75, 3.05) is 33.7 Å². The van der Waals surface area contributed by atoms with Crippen LogP contribution < -0.4 is 10.6 Å². The lowest BCUT2D eigenvalue weighted by Crippen LogP contribution is -2.47. The van der Waals surface area contributed by atoms with E-state index in [2.05, 4.69) is 10.6 Å². The van der Waals surface area contributed by atoms with Gasteiger partial charge in [0.15, 0.2) is 5.78 Å². The summed E-state index contributed by atoms with van der Waals surface area (Å²) in [5.74, 6) is 0.0492. The van der Waals surface area contributed by atoms with Crippen LogP contribution in [0.5, 0.6) is 0 Å². The van der Waals surface area contributed by atoms with E-state index < -0.39 is 0 Å². The molecule has 0 aromatic rings. The zero-order valence-corrected chi connectivity index (χ0v) is 12.2. The molecule has 1 atom stereocenters. The maximum absolute atomic E-state index is 11.8.